The maximum atomic E-state index is 5.93. The van der Waals surface area contributed by atoms with Crippen molar-refractivity contribution < 1.29 is 9.26 Å². The first-order valence-corrected chi connectivity index (χ1v) is 7.35. The molecule has 1 aliphatic rings. The van der Waals surface area contributed by atoms with E-state index >= 15 is 0 Å². The van der Waals surface area contributed by atoms with E-state index in [1.807, 2.05) is 32.9 Å². The van der Waals surface area contributed by atoms with Crippen LogP contribution >= 0.6 is 0 Å². The summed E-state index contributed by atoms with van der Waals surface area (Å²) in [6.07, 6.45) is 3.13. The highest BCUT2D eigenvalue weighted by atomic mass is 16.5. The van der Waals surface area contributed by atoms with Crippen LogP contribution in [0.1, 0.15) is 43.1 Å². The minimum absolute atomic E-state index is 0.441. The summed E-state index contributed by atoms with van der Waals surface area (Å²) < 4.78 is 11.3. The Morgan fingerprint density at radius 2 is 2.05 bits per heavy atom. The zero-order chi connectivity index (χ0) is 15.0. The summed E-state index contributed by atoms with van der Waals surface area (Å²) in [6, 6.07) is 3.82. The van der Waals surface area contributed by atoms with E-state index in [4.69, 9.17) is 15.0 Å². The molecule has 0 bridgehead atoms. The summed E-state index contributed by atoms with van der Waals surface area (Å²) in [5.41, 5.74) is 9.30. The van der Waals surface area contributed by atoms with E-state index in [1.54, 1.807) is 0 Å². The van der Waals surface area contributed by atoms with Crippen LogP contribution in [-0.2, 0) is 10.3 Å². The third-order valence-corrected chi connectivity index (χ3v) is 4.29. The fraction of sp³-hybridized carbons (Fsp3) is 0.500. The number of aryl methyl sites for hydroxylation is 1. The van der Waals surface area contributed by atoms with Crippen molar-refractivity contribution in [3.05, 3.63) is 29.1 Å². The average molecular weight is 287 g/mol. The van der Waals surface area contributed by atoms with Crippen molar-refractivity contribution in [2.75, 3.05) is 12.3 Å². The van der Waals surface area contributed by atoms with Crippen molar-refractivity contribution in [3.63, 3.8) is 0 Å². The molecule has 2 N–H and O–H groups in total. The van der Waals surface area contributed by atoms with Crippen LogP contribution in [0.15, 0.2) is 16.7 Å². The smallest absolute Gasteiger partial charge is 0.258 e. The first-order valence-electron chi connectivity index (χ1n) is 7.35. The van der Waals surface area contributed by atoms with Gasteiger partial charge in [-0.25, -0.2) is 0 Å². The van der Waals surface area contributed by atoms with Crippen LogP contribution < -0.4 is 5.73 Å². The molecule has 0 aliphatic carbocycles. The van der Waals surface area contributed by atoms with Crippen LogP contribution in [0.4, 0.5) is 5.69 Å². The average Bonchev–Trinajstić information content (AvgIpc) is 2.94. The van der Waals surface area contributed by atoms with Gasteiger partial charge in [0, 0.05) is 17.9 Å². The quantitative estimate of drug-likeness (QED) is 0.857. The monoisotopic (exact) mass is 287 g/mol. The molecule has 1 atom stereocenters. The second-order valence-corrected chi connectivity index (χ2v) is 5.97. The molecule has 1 aliphatic heterocycles. The highest BCUT2D eigenvalue weighted by Gasteiger charge is 2.35. The van der Waals surface area contributed by atoms with Gasteiger partial charge in [-0.1, -0.05) is 5.16 Å². The standard InChI is InChI=1S/C16H21N3O2/c1-10-8-12(17)9-13(11(10)2)14-18-15(19-21-14)16(3)6-4-5-7-20-16/h8-9H,4-7,17H2,1-3H3. The topological polar surface area (TPSA) is 74.2 Å². The second kappa shape index (κ2) is 5.15. The third-order valence-electron chi connectivity index (χ3n) is 4.29. The molecule has 5 nitrogen and oxygen atoms in total. The molecular weight excluding hydrogens is 266 g/mol. The highest BCUT2D eigenvalue weighted by Crippen LogP contribution is 2.35. The summed E-state index contributed by atoms with van der Waals surface area (Å²) in [7, 11) is 0. The van der Waals surface area contributed by atoms with Gasteiger partial charge in [0.25, 0.3) is 5.89 Å². The van der Waals surface area contributed by atoms with Crippen molar-refractivity contribution >= 4 is 5.69 Å². The van der Waals surface area contributed by atoms with Crippen molar-refractivity contribution in [3.8, 4) is 11.5 Å². The van der Waals surface area contributed by atoms with Gasteiger partial charge in [0.05, 0.1) is 0 Å². The van der Waals surface area contributed by atoms with E-state index < -0.39 is 5.60 Å². The minimum atomic E-state index is -0.441. The molecule has 0 saturated carbocycles. The summed E-state index contributed by atoms with van der Waals surface area (Å²) in [6.45, 7) is 6.83. The summed E-state index contributed by atoms with van der Waals surface area (Å²) in [4.78, 5) is 4.56. The van der Waals surface area contributed by atoms with Crippen LogP contribution in [0.25, 0.3) is 11.5 Å². The molecule has 3 rings (SSSR count). The number of hydrogen-bond acceptors (Lipinski definition) is 5. The van der Waals surface area contributed by atoms with Crippen LogP contribution in [-0.4, -0.2) is 16.7 Å². The van der Waals surface area contributed by atoms with Gasteiger partial charge in [-0.3, -0.25) is 0 Å². The zero-order valence-corrected chi connectivity index (χ0v) is 12.8. The Hall–Kier alpha value is -1.88. The van der Waals surface area contributed by atoms with E-state index in [0.717, 1.165) is 42.6 Å². The van der Waals surface area contributed by atoms with Crippen LogP contribution in [0.2, 0.25) is 0 Å². The van der Waals surface area contributed by atoms with E-state index in [1.165, 1.54) is 0 Å². The number of rotatable bonds is 2. The Bertz CT molecular complexity index is 658. The van der Waals surface area contributed by atoms with Crippen molar-refractivity contribution in [2.24, 2.45) is 0 Å². The molecule has 0 spiro atoms. The molecule has 1 aromatic heterocycles. The van der Waals surface area contributed by atoms with E-state index in [2.05, 4.69) is 10.1 Å². The van der Waals surface area contributed by atoms with Gasteiger partial charge in [-0.05, 0) is 63.3 Å². The van der Waals surface area contributed by atoms with Crippen molar-refractivity contribution in [2.45, 2.75) is 45.6 Å². The number of ether oxygens (including phenoxy) is 1. The lowest BCUT2D eigenvalue weighted by molar-refractivity contribution is -0.0770. The molecule has 1 saturated heterocycles. The maximum Gasteiger partial charge on any atom is 0.258 e. The number of benzene rings is 1. The molecule has 2 aromatic rings. The number of nitrogen functional groups attached to an aromatic ring is 1. The predicted octanol–water partition coefficient (Wildman–Crippen LogP) is 3.35. The fourth-order valence-corrected chi connectivity index (χ4v) is 2.77. The first kappa shape index (κ1) is 14.1. The minimum Gasteiger partial charge on any atom is -0.399 e. The van der Waals surface area contributed by atoms with Crippen LogP contribution in [0, 0.1) is 13.8 Å². The largest absolute Gasteiger partial charge is 0.399 e. The third kappa shape index (κ3) is 2.53. The first-order chi connectivity index (χ1) is 9.99. The van der Waals surface area contributed by atoms with E-state index in [-0.39, 0.29) is 0 Å². The summed E-state index contributed by atoms with van der Waals surface area (Å²) >= 11 is 0. The lowest BCUT2D eigenvalue weighted by Crippen LogP contribution is -2.31. The van der Waals surface area contributed by atoms with Crippen molar-refractivity contribution in [1.82, 2.24) is 10.1 Å². The second-order valence-electron chi connectivity index (χ2n) is 5.97. The molecule has 2 heterocycles. The Morgan fingerprint density at radius 1 is 1.24 bits per heavy atom. The number of nitrogens with zero attached hydrogens (tertiary/aromatic N) is 2. The van der Waals surface area contributed by atoms with Gasteiger partial charge in [-0.2, -0.15) is 4.98 Å². The molecule has 0 amide bonds. The van der Waals surface area contributed by atoms with Crippen LogP contribution in [0.3, 0.4) is 0 Å². The fourth-order valence-electron chi connectivity index (χ4n) is 2.77. The van der Waals surface area contributed by atoms with E-state index in [0.29, 0.717) is 17.4 Å². The van der Waals surface area contributed by atoms with Gasteiger partial charge >= 0.3 is 0 Å². The maximum absolute atomic E-state index is 5.93. The molecule has 112 valence electrons. The Balaban J connectivity index is 1.99. The summed E-state index contributed by atoms with van der Waals surface area (Å²) in [5.74, 6) is 1.13. The number of anilines is 1. The molecule has 21 heavy (non-hydrogen) atoms. The SMILES string of the molecule is Cc1cc(N)cc(-c2nc(C3(C)CCCCO3)no2)c1C. The Kier molecular flexibility index (Phi) is 3.45. The number of nitrogens with two attached hydrogens (primary N) is 1. The molecule has 5 heteroatoms. The predicted molar refractivity (Wildman–Crippen MR) is 80.8 cm³/mol. The molecule has 1 fully saturated rings. The lowest BCUT2D eigenvalue weighted by Gasteiger charge is -2.30. The van der Waals surface area contributed by atoms with Crippen molar-refractivity contribution in [1.29, 1.82) is 0 Å². The van der Waals surface area contributed by atoms with Gasteiger partial charge in [0.2, 0.25) is 5.82 Å². The zero-order valence-electron chi connectivity index (χ0n) is 12.8. The summed E-state index contributed by atoms with van der Waals surface area (Å²) in [5, 5.41) is 4.14. The Morgan fingerprint density at radius 3 is 2.76 bits per heavy atom. The molecule has 1 aromatic carbocycles. The number of aromatic nitrogens is 2. The Labute approximate surface area is 124 Å². The van der Waals surface area contributed by atoms with E-state index in [9.17, 15) is 0 Å². The van der Waals surface area contributed by atoms with Gasteiger partial charge < -0.3 is 15.0 Å². The molecular formula is C16H21N3O2. The molecule has 0 radical (unpaired) electrons. The van der Waals surface area contributed by atoms with Crippen LogP contribution in [0.5, 0.6) is 0 Å². The van der Waals surface area contributed by atoms with Gasteiger partial charge in [-0.15, -0.1) is 0 Å². The highest BCUT2D eigenvalue weighted by molar-refractivity contribution is 5.66. The molecule has 1 unspecified atom stereocenters. The van der Waals surface area contributed by atoms with Gasteiger partial charge in [0.1, 0.15) is 5.60 Å². The number of hydrogen-bond donors (Lipinski definition) is 1. The van der Waals surface area contributed by atoms with Gasteiger partial charge in [0.15, 0.2) is 0 Å². The lowest BCUT2D eigenvalue weighted by atomic mass is 9.95. The normalized spacial score (nSPS) is 22.4.